The number of likely N-dealkylation sites (tertiary alicyclic amines) is 1. The molecule has 4 rings (SSSR count). The Morgan fingerprint density at radius 2 is 1.53 bits per heavy atom. The minimum absolute atomic E-state index is 0.416. The Balaban J connectivity index is 1.32. The maximum Gasteiger partial charge on any atom is 0.161 e. The van der Waals surface area contributed by atoms with Crippen molar-refractivity contribution in [2.24, 2.45) is 0 Å². The van der Waals surface area contributed by atoms with E-state index in [1.165, 1.54) is 5.56 Å². The van der Waals surface area contributed by atoms with Crippen LogP contribution in [0.25, 0.3) is 0 Å². The molecule has 1 fully saturated rings. The zero-order valence-corrected chi connectivity index (χ0v) is 20.3. The van der Waals surface area contributed by atoms with Crippen molar-refractivity contribution in [3.05, 3.63) is 77.9 Å². The highest BCUT2D eigenvalue weighted by Gasteiger charge is 2.21. The van der Waals surface area contributed by atoms with E-state index in [1.807, 2.05) is 42.5 Å². The number of rotatable bonds is 10. The summed E-state index contributed by atoms with van der Waals surface area (Å²) in [7, 11) is 5.04. The topological polar surface area (TPSA) is 52.2 Å². The number of nitrogens with zero attached hydrogens (tertiary/aromatic N) is 1. The first kappa shape index (κ1) is 23.8. The number of methoxy groups -OCH3 is 3. The van der Waals surface area contributed by atoms with Gasteiger partial charge < -0.3 is 24.3 Å². The lowest BCUT2D eigenvalue weighted by molar-refractivity contribution is 0.210. The molecule has 0 bridgehead atoms. The van der Waals surface area contributed by atoms with Gasteiger partial charge in [-0.2, -0.15) is 0 Å². The molecule has 1 heterocycles. The maximum absolute atomic E-state index is 6.09. The van der Waals surface area contributed by atoms with Crippen LogP contribution in [0, 0.1) is 0 Å². The van der Waals surface area contributed by atoms with E-state index in [9.17, 15) is 0 Å². The van der Waals surface area contributed by atoms with Crippen LogP contribution in [0.3, 0.4) is 0 Å². The van der Waals surface area contributed by atoms with Crippen molar-refractivity contribution >= 4 is 5.69 Å². The predicted molar refractivity (Wildman–Crippen MR) is 135 cm³/mol. The molecule has 0 aliphatic carbocycles. The highest BCUT2D eigenvalue weighted by molar-refractivity contribution is 5.59. The van der Waals surface area contributed by atoms with Gasteiger partial charge in [0.05, 0.1) is 27.0 Å². The zero-order chi connectivity index (χ0) is 23.8. The molecule has 3 aromatic carbocycles. The van der Waals surface area contributed by atoms with Crippen LogP contribution in [-0.4, -0.2) is 45.4 Å². The number of hydrogen-bond donors (Lipinski definition) is 1. The molecule has 3 aromatic rings. The lowest BCUT2D eigenvalue weighted by atomic mass is 10.0. The molecular weight excluding hydrogens is 428 g/mol. The van der Waals surface area contributed by atoms with Crippen LogP contribution in [0.4, 0.5) is 5.69 Å². The molecule has 6 nitrogen and oxygen atoms in total. The van der Waals surface area contributed by atoms with Crippen LogP contribution >= 0.6 is 0 Å². The van der Waals surface area contributed by atoms with Crippen molar-refractivity contribution in [1.82, 2.24) is 4.90 Å². The van der Waals surface area contributed by atoms with Gasteiger partial charge in [-0.1, -0.05) is 36.4 Å². The van der Waals surface area contributed by atoms with Crippen LogP contribution in [0.15, 0.2) is 66.7 Å². The van der Waals surface area contributed by atoms with E-state index in [4.69, 9.17) is 18.9 Å². The molecule has 6 heteroatoms. The van der Waals surface area contributed by atoms with Crippen LogP contribution in [0.1, 0.15) is 24.0 Å². The molecule has 180 valence electrons. The van der Waals surface area contributed by atoms with E-state index < -0.39 is 0 Å². The van der Waals surface area contributed by atoms with Crippen molar-refractivity contribution < 1.29 is 18.9 Å². The average Bonchev–Trinajstić information content (AvgIpc) is 2.89. The van der Waals surface area contributed by atoms with Gasteiger partial charge in [-0.3, -0.25) is 4.90 Å². The largest absolute Gasteiger partial charge is 0.497 e. The minimum Gasteiger partial charge on any atom is -0.497 e. The molecule has 0 aromatic heterocycles. The third-order valence-electron chi connectivity index (χ3n) is 6.23. The summed E-state index contributed by atoms with van der Waals surface area (Å²) in [5.41, 5.74) is 3.38. The third-order valence-corrected chi connectivity index (χ3v) is 6.23. The average molecular weight is 463 g/mol. The first-order valence-corrected chi connectivity index (χ1v) is 11.7. The second-order valence-electron chi connectivity index (χ2n) is 8.52. The summed E-state index contributed by atoms with van der Waals surface area (Å²) in [6, 6.07) is 22.7. The fourth-order valence-electron chi connectivity index (χ4n) is 4.30. The number of piperidine rings is 1. The van der Waals surface area contributed by atoms with Gasteiger partial charge in [-0.25, -0.2) is 0 Å². The van der Waals surface area contributed by atoms with Crippen molar-refractivity contribution in [2.45, 2.75) is 32.0 Å². The molecule has 0 amide bonds. The van der Waals surface area contributed by atoms with Gasteiger partial charge in [-0.15, -0.1) is 0 Å². The Labute approximate surface area is 202 Å². The molecule has 1 N–H and O–H groups in total. The molecule has 0 saturated carbocycles. The molecule has 0 atom stereocenters. The van der Waals surface area contributed by atoms with Gasteiger partial charge in [0.2, 0.25) is 0 Å². The van der Waals surface area contributed by atoms with E-state index in [0.717, 1.165) is 66.7 Å². The van der Waals surface area contributed by atoms with E-state index in [2.05, 4.69) is 34.5 Å². The van der Waals surface area contributed by atoms with Gasteiger partial charge in [0.1, 0.15) is 18.1 Å². The summed E-state index contributed by atoms with van der Waals surface area (Å²) in [4.78, 5) is 2.49. The Bertz CT molecular complexity index is 1050. The summed E-state index contributed by atoms with van der Waals surface area (Å²) in [5.74, 6) is 3.15. The zero-order valence-electron chi connectivity index (χ0n) is 20.3. The summed E-state index contributed by atoms with van der Waals surface area (Å²) in [6.07, 6.45) is 2.14. The fourth-order valence-corrected chi connectivity index (χ4v) is 4.30. The predicted octanol–water partition coefficient (Wildman–Crippen LogP) is 5.37. The van der Waals surface area contributed by atoms with E-state index in [1.54, 1.807) is 21.3 Å². The quantitative estimate of drug-likeness (QED) is 0.437. The lowest BCUT2D eigenvalue weighted by Crippen LogP contribution is -2.38. The molecule has 0 unspecified atom stereocenters. The standard InChI is InChI=1S/C28H34N2O4/c1-31-24-10-11-25(27(18-24)33-3)29-23-13-15-30(16-14-23)19-22-9-12-26(32-2)28(17-22)34-20-21-7-5-4-6-8-21/h4-12,17-18,23,29H,13-16,19-20H2,1-3H3. The van der Waals surface area contributed by atoms with Gasteiger partial charge in [0, 0.05) is 31.7 Å². The molecule has 0 radical (unpaired) electrons. The van der Waals surface area contributed by atoms with Crippen LogP contribution in [-0.2, 0) is 13.2 Å². The normalized spacial score (nSPS) is 14.4. The second-order valence-corrected chi connectivity index (χ2v) is 8.52. The van der Waals surface area contributed by atoms with Crippen molar-refractivity contribution in [1.29, 1.82) is 0 Å². The van der Waals surface area contributed by atoms with Crippen LogP contribution in [0.5, 0.6) is 23.0 Å². The highest BCUT2D eigenvalue weighted by Crippen LogP contribution is 2.32. The fraction of sp³-hybridized carbons (Fsp3) is 0.357. The molecule has 1 aliphatic rings. The Morgan fingerprint density at radius 1 is 0.765 bits per heavy atom. The maximum atomic E-state index is 6.09. The minimum atomic E-state index is 0.416. The van der Waals surface area contributed by atoms with Crippen molar-refractivity contribution in [3.63, 3.8) is 0 Å². The van der Waals surface area contributed by atoms with Crippen molar-refractivity contribution in [2.75, 3.05) is 39.7 Å². The highest BCUT2D eigenvalue weighted by atomic mass is 16.5. The lowest BCUT2D eigenvalue weighted by Gasteiger charge is -2.33. The second kappa shape index (κ2) is 11.7. The Morgan fingerprint density at radius 3 is 2.24 bits per heavy atom. The molecule has 34 heavy (non-hydrogen) atoms. The summed E-state index contributed by atoms with van der Waals surface area (Å²) in [5, 5.41) is 3.65. The molecular formula is C28H34N2O4. The molecule has 0 spiro atoms. The van der Waals surface area contributed by atoms with Crippen molar-refractivity contribution in [3.8, 4) is 23.0 Å². The van der Waals surface area contributed by atoms with Gasteiger partial charge in [0.15, 0.2) is 11.5 Å². The van der Waals surface area contributed by atoms with E-state index >= 15 is 0 Å². The van der Waals surface area contributed by atoms with Gasteiger partial charge in [0.25, 0.3) is 0 Å². The van der Waals surface area contributed by atoms with E-state index in [0.29, 0.717) is 12.6 Å². The van der Waals surface area contributed by atoms with Crippen LogP contribution < -0.4 is 24.3 Å². The Kier molecular flexibility index (Phi) is 8.15. The summed E-state index contributed by atoms with van der Waals surface area (Å²) in [6.45, 7) is 3.47. The molecule has 1 aliphatic heterocycles. The first-order chi connectivity index (χ1) is 16.7. The monoisotopic (exact) mass is 462 g/mol. The van der Waals surface area contributed by atoms with E-state index in [-0.39, 0.29) is 0 Å². The Hall–Kier alpha value is -3.38. The number of nitrogens with one attached hydrogen (secondary N) is 1. The summed E-state index contributed by atoms with van der Waals surface area (Å²) >= 11 is 0. The van der Waals surface area contributed by atoms with Crippen LogP contribution in [0.2, 0.25) is 0 Å². The smallest absolute Gasteiger partial charge is 0.161 e. The first-order valence-electron chi connectivity index (χ1n) is 11.7. The van der Waals surface area contributed by atoms with Gasteiger partial charge >= 0.3 is 0 Å². The SMILES string of the molecule is COc1ccc(NC2CCN(Cc3ccc(OC)c(OCc4ccccc4)c3)CC2)c(OC)c1. The third kappa shape index (κ3) is 6.14. The molecule has 1 saturated heterocycles. The van der Waals surface area contributed by atoms with Gasteiger partial charge in [-0.05, 0) is 48.2 Å². The number of ether oxygens (including phenoxy) is 4. The number of benzene rings is 3. The number of hydrogen-bond acceptors (Lipinski definition) is 6. The summed E-state index contributed by atoms with van der Waals surface area (Å²) < 4.78 is 22.4. The number of anilines is 1.